The van der Waals surface area contributed by atoms with Gasteiger partial charge in [-0.2, -0.15) is 0 Å². The third-order valence-corrected chi connectivity index (χ3v) is 4.37. The summed E-state index contributed by atoms with van der Waals surface area (Å²) in [5.41, 5.74) is 0.912. The van der Waals surface area contributed by atoms with E-state index in [4.69, 9.17) is 27.9 Å². The Hall–Kier alpha value is -1.46. The van der Waals surface area contributed by atoms with Crippen LogP contribution in [0.4, 0.5) is 4.79 Å². The molecule has 126 valence electrons. The average Bonchev–Trinajstić information content (AvgIpc) is 2.54. The topological polar surface area (TPSA) is 49.9 Å². The molecule has 1 aromatic rings. The smallest absolute Gasteiger partial charge is 0.409 e. The second-order valence-electron chi connectivity index (χ2n) is 5.30. The van der Waals surface area contributed by atoms with Crippen LogP contribution in [0.2, 0.25) is 10.0 Å². The molecule has 2 amide bonds. The molecular weight excluding hydrogens is 339 g/mol. The fraction of sp³-hybridized carbons (Fsp3) is 0.500. The first-order valence-corrected chi connectivity index (χ1v) is 8.40. The van der Waals surface area contributed by atoms with Crippen molar-refractivity contribution in [2.24, 2.45) is 0 Å². The Balaban J connectivity index is 1.80. The number of hydrogen-bond acceptors (Lipinski definition) is 3. The standard InChI is InChI=1S/C16H20Cl2N2O3/c1-2-23-16(22)20-9-7-19(8-10-20)15(21)6-4-12-3-5-13(17)11-14(12)18/h3,5,11H,2,4,6-10H2,1H3. The van der Waals surface area contributed by atoms with E-state index in [0.29, 0.717) is 55.7 Å². The van der Waals surface area contributed by atoms with Gasteiger partial charge in [0.15, 0.2) is 0 Å². The van der Waals surface area contributed by atoms with Gasteiger partial charge in [-0.25, -0.2) is 4.79 Å². The van der Waals surface area contributed by atoms with Gasteiger partial charge in [0.25, 0.3) is 0 Å². The van der Waals surface area contributed by atoms with Gasteiger partial charge in [-0.3, -0.25) is 4.79 Å². The molecule has 0 spiro atoms. The predicted octanol–water partition coefficient (Wildman–Crippen LogP) is 3.23. The fourth-order valence-electron chi connectivity index (χ4n) is 2.48. The molecule has 1 aliphatic heterocycles. The number of benzene rings is 1. The van der Waals surface area contributed by atoms with Crippen LogP contribution < -0.4 is 0 Å². The van der Waals surface area contributed by atoms with Gasteiger partial charge >= 0.3 is 6.09 Å². The molecule has 1 aromatic carbocycles. The molecule has 0 N–H and O–H groups in total. The molecule has 1 aliphatic rings. The Kier molecular flexibility index (Phi) is 6.54. The van der Waals surface area contributed by atoms with Crippen LogP contribution in [0.3, 0.4) is 0 Å². The van der Waals surface area contributed by atoms with Crippen LogP contribution in [0.1, 0.15) is 18.9 Å². The lowest BCUT2D eigenvalue weighted by atomic mass is 10.1. The van der Waals surface area contributed by atoms with Crippen molar-refractivity contribution in [3.05, 3.63) is 33.8 Å². The van der Waals surface area contributed by atoms with Crippen molar-refractivity contribution in [3.8, 4) is 0 Å². The molecule has 0 aliphatic carbocycles. The number of carbonyl (C=O) groups excluding carboxylic acids is 2. The summed E-state index contributed by atoms with van der Waals surface area (Å²) in [6.45, 7) is 4.22. The number of hydrogen-bond donors (Lipinski definition) is 0. The molecule has 23 heavy (non-hydrogen) atoms. The number of aryl methyl sites for hydroxylation is 1. The van der Waals surface area contributed by atoms with Gasteiger partial charge in [-0.1, -0.05) is 29.3 Å². The van der Waals surface area contributed by atoms with E-state index in [2.05, 4.69) is 0 Å². The average molecular weight is 359 g/mol. The molecule has 0 saturated carbocycles. The molecule has 1 saturated heterocycles. The summed E-state index contributed by atoms with van der Waals surface area (Å²) in [5.74, 6) is 0.0690. The maximum Gasteiger partial charge on any atom is 0.409 e. The summed E-state index contributed by atoms with van der Waals surface area (Å²) < 4.78 is 4.96. The van der Waals surface area contributed by atoms with E-state index in [-0.39, 0.29) is 12.0 Å². The lowest BCUT2D eigenvalue weighted by molar-refractivity contribution is -0.132. The maximum absolute atomic E-state index is 12.3. The van der Waals surface area contributed by atoms with Crippen LogP contribution in [0, 0.1) is 0 Å². The third-order valence-electron chi connectivity index (χ3n) is 3.78. The highest BCUT2D eigenvalue weighted by Crippen LogP contribution is 2.22. The Morgan fingerprint density at radius 2 is 1.78 bits per heavy atom. The van der Waals surface area contributed by atoms with Gasteiger partial charge in [0.05, 0.1) is 6.61 Å². The Morgan fingerprint density at radius 1 is 1.13 bits per heavy atom. The van der Waals surface area contributed by atoms with Crippen molar-refractivity contribution in [1.29, 1.82) is 0 Å². The summed E-state index contributed by atoms with van der Waals surface area (Å²) >= 11 is 12.0. The summed E-state index contributed by atoms with van der Waals surface area (Å²) in [6, 6.07) is 5.29. The molecule has 0 radical (unpaired) electrons. The van der Waals surface area contributed by atoms with Crippen LogP contribution in [0.25, 0.3) is 0 Å². The number of carbonyl (C=O) groups is 2. The molecule has 1 fully saturated rings. The summed E-state index contributed by atoms with van der Waals surface area (Å²) in [6.07, 6.45) is 0.653. The minimum Gasteiger partial charge on any atom is -0.450 e. The van der Waals surface area contributed by atoms with Crippen molar-refractivity contribution < 1.29 is 14.3 Å². The molecule has 2 rings (SSSR count). The van der Waals surface area contributed by atoms with Gasteiger partial charge < -0.3 is 14.5 Å². The first kappa shape index (κ1) is 17.9. The summed E-state index contributed by atoms with van der Waals surface area (Å²) in [4.78, 5) is 27.3. The zero-order valence-corrected chi connectivity index (χ0v) is 14.6. The van der Waals surface area contributed by atoms with Gasteiger partial charge in [0.2, 0.25) is 5.91 Å². The fourth-order valence-corrected chi connectivity index (χ4v) is 2.98. The molecular formula is C16H20Cl2N2O3. The Bertz CT molecular complexity index is 572. The number of nitrogens with zero attached hydrogens (tertiary/aromatic N) is 2. The first-order chi connectivity index (χ1) is 11.0. The molecule has 7 heteroatoms. The number of rotatable bonds is 4. The first-order valence-electron chi connectivity index (χ1n) is 7.64. The highest BCUT2D eigenvalue weighted by molar-refractivity contribution is 6.35. The van der Waals surface area contributed by atoms with Crippen molar-refractivity contribution >= 4 is 35.2 Å². The molecule has 0 bridgehead atoms. The minimum absolute atomic E-state index is 0.0690. The van der Waals surface area contributed by atoms with Crippen LogP contribution in [0.15, 0.2) is 18.2 Å². The maximum atomic E-state index is 12.3. The molecule has 0 aromatic heterocycles. The molecule has 5 nitrogen and oxygen atoms in total. The second kappa shape index (κ2) is 8.41. The molecule has 1 heterocycles. The SMILES string of the molecule is CCOC(=O)N1CCN(C(=O)CCc2ccc(Cl)cc2Cl)CC1. The van der Waals surface area contributed by atoms with Crippen LogP contribution in [0.5, 0.6) is 0 Å². The Labute approximate surface area is 146 Å². The second-order valence-corrected chi connectivity index (χ2v) is 6.15. The molecule has 0 unspecified atom stereocenters. The van der Waals surface area contributed by atoms with Gasteiger partial charge in [-0.15, -0.1) is 0 Å². The lowest BCUT2D eigenvalue weighted by Crippen LogP contribution is -2.50. The van der Waals surface area contributed by atoms with E-state index in [9.17, 15) is 9.59 Å². The van der Waals surface area contributed by atoms with Crippen LogP contribution in [-0.2, 0) is 16.0 Å². The zero-order chi connectivity index (χ0) is 16.8. The number of ether oxygens (including phenoxy) is 1. The van der Waals surface area contributed by atoms with E-state index >= 15 is 0 Å². The van der Waals surface area contributed by atoms with Gasteiger partial charge in [0.1, 0.15) is 0 Å². The van der Waals surface area contributed by atoms with Crippen molar-refractivity contribution in [3.63, 3.8) is 0 Å². The lowest BCUT2D eigenvalue weighted by Gasteiger charge is -2.34. The van der Waals surface area contributed by atoms with Gasteiger partial charge in [0, 0.05) is 42.6 Å². The van der Waals surface area contributed by atoms with E-state index < -0.39 is 0 Å². The quantitative estimate of drug-likeness (QED) is 0.829. The van der Waals surface area contributed by atoms with Crippen molar-refractivity contribution in [2.45, 2.75) is 19.8 Å². The van der Waals surface area contributed by atoms with Gasteiger partial charge in [-0.05, 0) is 31.0 Å². The number of halogens is 2. The van der Waals surface area contributed by atoms with Crippen molar-refractivity contribution in [2.75, 3.05) is 32.8 Å². The zero-order valence-electron chi connectivity index (χ0n) is 13.1. The highest BCUT2D eigenvalue weighted by atomic mass is 35.5. The van der Waals surface area contributed by atoms with E-state index in [1.54, 1.807) is 28.9 Å². The van der Waals surface area contributed by atoms with Crippen molar-refractivity contribution in [1.82, 2.24) is 9.80 Å². The van der Waals surface area contributed by atoms with Crippen LogP contribution in [-0.4, -0.2) is 54.6 Å². The van der Waals surface area contributed by atoms with E-state index in [1.165, 1.54) is 0 Å². The minimum atomic E-state index is -0.312. The van der Waals surface area contributed by atoms with E-state index in [1.807, 2.05) is 6.07 Å². The van der Waals surface area contributed by atoms with Crippen LogP contribution >= 0.6 is 23.2 Å². The highest BCUT2D eigenvalue weighted by Gasteiger charge is 2.24. The monoisotopic (exact) mass is 358 g/mol. The summed E-state index contributed by atoms with van der Waals surface area (Å²) in [5, 5.41) is 1.16. The summed E-state index contributed by atoms with van der Waals surface area (Å²) in [7, 11) is 0. The number of piperazine rings is 1. The Morgan fingerprint density at radius 3 is 2.39 bits per heavy atom. The number of amides is 2. The largest absolute Gasteiger partial charge is 0.450 e. The molecule has 0 atom stereocenters. The predicted molar refractivity (Wildman–Crippen MR) is 90.0 cm³/mol. The third kappa shape index (κ3) is 5.01. The van der Waals surface area contributed by atoms with E-state index in [0.717, 1.165) is 5.56 Å². The normalized spacial score (nSPS) is 14.7.